The second kappa shape index (κ2) is 12.4. The van der Waals surface area contributed by atoms with Crippen LogP contribution in [-0.4, -0.2) is 63.3 Å². The van der Waals surface area contributed by atoms with Crippen LogP contribution in [0.5, 0.6) is 0 Å². The number of carboxylic acid groups (broad SMARTS) is 1. The number of carbonyl (C=O) groups excluding carboxylic acids is 4. The second-order valence-electron chi connectivity index (χ2n) is 7.42. The predicted octanol–water partition coefficient (Wildman–Crippen LogP) is 2.70. The molecule has 2 unspecified atom stereocenters. The van der Waals surface area contributed by atoms with Gasteiger partial charge in [0.05, 0.1) is 11.3 Å². The van der Waals surface area contributed by atoms with Crippen molar-refractivity contribution in [2.45, 2.75) is 57.2 Å². The van der Waals surface area contributed by atoms with E-state index in [0.29, 0.717) is 43.2 Å². The van der Waals surface area contributed by atoms with Gasteiger partial charge in [0.25, 0.3) is 0 Å². The van der Waals surface area contributed by atoms with Gasteiger partial charge in [-0.05, 0) is 20.2 Å². The monoisotopic (exact) mass is 487 g/mol. The van der Waals surface area contributed by atoms with Gasteiger partial charge in [0.2, 0.25) is 5.91 Å². The average molecular weight is 488 g/mol. The van der Waals surface area contributed by atoms with E-state index in [4.69, 9.17) is 16.5 Å². The maximum atomic E-state index is 12.5. The van der Waals surface area contributed by atoms with Crippen LogP contribution in [0.25, 0.3) is 0 Å². The number of ketones is 2. The molecule has 2 heterocycles. The van der Waals surface area contributed by atoms with Gasteiger partial charge >= 0.3 is 11.9 Å². The molecule has 2 aliphatic heterocycles. The summed E-state index contributed by atoms with van der Waals surface area (Å²) in [6.45, 7) is 1.67. The van der Waals surface area contributed by atoms with Gasteiger partial charge in [-0.2, -0.15) is 0 Å². The zero-order valence-corrected chi connectivity index (χ0v) is 19.9. The largest absolute Gasteiger partial charge is 0.477 e. The molecular formula is C20H26NO7PS2. The SMILES string of the molecule is CCCC(=O)CC1C(=O)N2C(C(=O)O)=C(COC(=O)CCCC(=O)CCP=S)CSC12. The van der Waals surface area contributed by atoms with E-state index in [1.54, 1.807) is 0 Å². The van der Waals surface area contributed by atoms with Crippen LogP contribution in [0, 0.1) is 5.92 Å². The Morgan fingerprint density at radius 1 is 1.19 bits per heavy atom. The Kier molecular flexibility index (Phi) is 10.3. The summed E-state index contributed by atoms with van der Waals surface area (Å²) < 4.78 is 5.20. The lowest BCUT2D eigenvalue weighted by Gasteiger charge is -2.49. The van der Waals surface area contributed by atoms with E-state index in [9.17, 15) is 29.1 Å². The molecule has 1 N–H and O–H groups in total. The molecule has 1 fully saturated rings. The van der Waals surface area contributed by atoms with E-state index in [0.717, 1.165) is 7.36 Å². The first-order valence-corrected chi connectivity index (χ1v) is 13.3. The van der Waals surface area contributed by atoms with Crippen molar-refractivity contribution in [2.24, 2.45) is 5.92 Å². The van der Waals surface area contributed by atoms with Crippen LogP contribution >= 0.6 is 19.1 Å². The molecule has 2 rings (SSSR count). The Morgan fingerprint density at radius 2 is 1.94 bits per heavy atom. The lowest BCUT2D eigenvalue weighted by molar-refractivity contribution is -0.154. The average Bonchev–Trinajstić information content (AvgIpc) is 2.73. The molecule has 1 amide bonds. The minimum absolute atomic E-state index is 0.00360. The van der Waals surface area contributed by atoms with Crippen LogP contribution in [0.1, 0.15) is 51.9 Å². The molecule has 2 atom stereocenters. The quantitative estimate of drug-likeness (QED) is 0.224. The van der Waals surface area contributed by atoms with E-state index in [2.05, 4.69) is 0 Å². The minimum atomic E-state index is -1.25. The number of Topliss-reactive ketones (excluding diaryl/α,β-unsaturated/α-hetero) is 2. The lowest BCUT2D eigenvalue weighted by atomic mass is 9.89. The van der Waals surface area contributed by atoms with Gasteiger partial charge in [-0.1, -0.05) is 18.7 Å². The Bertz CT molecular complexity index is 798. The highest BCUT2D eigenvalue weighted by Crippen LogP contribution is 2.45. The first kappa shape index (κ1) is 25.6. The van der Waals surface area contributed by atoms with Crippen LogP contribution in [0.4, 0.5) is 0 Å². The Hall–Kier alpha value is -1.64. The minimum Gasteiger partial charge on any atom is -0.477 e. The van der Waals surface area contributed by atoms with E-state index in [1.165, 1.54) is 16.7 Å². The van der Waals surface area contributed by atoms with E-state index in [-0.39, 0.29) is 54.4 Å². The Balaban J connectivity index is 1.90. The Labute approximate surface area is 192 Å². The number of amides is 1. The summed E-state index contributed by atoms with van der Waals surface area (Å²) in [6, 6.07) is 0. The lowest BCUT2D eigenvalue weighted by Crippen LogP contribution is -2.62. The predicted molar refractivity (Wildman–Crippen MR) is 119 cm³/mol. The number of fused-ring (bicyclic) bond motifs is 1. The van der Waals surface area contributed by atoms with E-state index < -0.39 is 17.9 Å². The van der Waals surface area contributed by atoms with Crippen molar-refractivity contribution >= 4 is 60.3 Å². The van der Waals surface area contributed by atoms with E-state index >= 15 is 0 Å². The number of thioether (sulfide) groups is 1. The summed E-state index contributed by atoms with van der Waals surface area (Å²) in [5, 5.41) is 9.25. The number of ether oxygens (including phenoxy) is 1. The fraction of sp³-hybridized carbons (Fsp3) is 0.650. The smallest absolute Gasteiger partial charge is 0.352 e. The number of nitrogens with zero attached hydrogens (tertiary/aromatic N) is 1. The zero-order valence-electron chi connectivity index (χ0n) is 17.3. The molecule has 0 aromatic carbocycles. The zero-order chi connectivity index (χ0) is 23.0. The number of esters is 1. The van der Waals surface area contributed by atoms with Crippen molar-refractivity contribution < 1.29 is 33.8 Å². The standard InChI is InChI=1S/C20H26NO7PS2/c1-2-4-14(23)9-15-18(25)21-17(20(26)27)12(11-31-19(15)21)10-28-16(24)6-3-5-13(22)7-8-29-30/h15,19H,2-11H2,1H3,(H,26,27). The maximum absolute atomic E-state index is 12.5. The molecule has 31 heavy (non-hydrogen) atoms. The number of rotatable bonds is 14. The molecule has 0 bridgehead atoms. The molecule has 2 aliphatic rings. The number of β-lactam (4-membered cyclic amide) rings is 1. The highest BCUT2D eigenvalue weighted by atomic mass is 32.4. The van der Waals surface area contributed by atoms with Gasteiger partial charge in [-0.15, -0.1) is 11.8 Å². The molecule has 0 saturated carbocycles. The molecule has 0 radical (unpaired) electrons. The molecule has 0 aliphatic carbocycles. The number of hydrogen-bond acceptors (Lipinski definition) is 8. The van der Waals surface area contributed by atoms with Gasteiger partial charge < -0.3 is 9.84 Å². The first-order valence-electron chi connectivity index (χ1n) is 10.2. The number of hydrogen-bond donors (Lipinski definition) is 1. The van der Waals surface area contributed by atoms with Gasteiger partial charge in [0.1, 0.15) is 23.9 Å². The highest BCUT2D eigenvalue weighted by Gasteiger charge is 2.53. The molecule has 0 spiro atoms. The molecule has 170 valence electrons. The van der Waals surface area contributed by atoms with Crippen molar-refractivity contribution in [3.05, 3.63) is 11.3 Å². The first-order chi connectivity index (χ1) is 14.8. The summed E-state index contributed by atoms with van der Waals surface area (Å²) in [4.78, 5) is 61.0. The van der Waals surface area contributed by atoms with Gasteiger partial charge in [0, 0.05) is 49.6 Å². The molecular weight excluding hydrogens is 461 g/mol. The molecule has 1 saturated heterocycles. The van der Waals surface area contributed by atoms with Crippen molar-refractivity contribution in [2.75, 3.05) is 18.5 Å². The van der Waals surface area contributed by atoms with Crippen LogP contribution in [0.2, 0.25) is 0 Å². The number of aliphatic carboxylic acids is 1. The van der Waals surface area contributed by atoms with Gasteiger partial charge in [-0.3, -0.25) is 24.1 Å². The summed E-state index contributed by atoms with van der Waals surface area (Å²) in [6.07, 6.45) is 2.99. The molecule has 0 aromatic heterocycles. The third-order valence-electron chi connectivity index (χ3n) is 5.06. The topological polar surface area (TPSA) is 118 Å². The summed E-state index contributed by atoms with van der Waals surface area (Å²) in [5.41, 5.74) is 0.202. The third-order valence-corrected chi connectivity index (χ3v) is 7.41. The molecule has 0 aromatic rings. The van der Waals surface area contributed by atoms with Crippen LogP contribution in [-0.2, 0) is 40.5 Å². The highest BCUT2D eigenvalue weighted by molar-refractivity contribution is 8.00. The van der Waals surface area contributed by atoms with Crippen LogP contribution in [0.15, 0.2) is 11.3 Å². The second-order valence-corrected chi connectivity index (χ2v) is 10.0. The van der Waals surface area contributed by atoms with Crippen molar-refractivity contribution in [3.8, 4) is 0 Å². The van der Waals surface area contributed by atoms with Crippen molar-refractivity contribution in [1.82, 2.24) is 4.90 Å². The van der Waals surface area contributed by atoms with E-state index in [1.807, 2.05) is 6.92 Å². The number of carbonyl (C=O) groups is 5. The normalized spacial score (nSPS) is 20.3. The summed E-state index contributed by atoms with van der Waals surface area (Å²) in [7, 11) is 0.746. The van der Waals surface area contributed by atoms with Gasteiger partial charge in [0.15, 0.2) is 0 Å². The summed E-state index contributed by atoms with van der Waals surface area (Å²) in [5.74, 6) is -2.28. The van der Waals surface area contributed by atoms with Crippen LogP contribution < -0.4 is 0 Å². The molecule has 11 heteroatoms. The summed E-state index contributed by atoms with van der Waals surface area (Å²) >= 11 is 6.15. The van der Waals surface area contributed by atoms with Gasteiger partial charge in [-0.25, -0.2) is 4.79 Å². The fourth-order valence-corrected chi connectivity index (χ4v) is 5.53. The molecule has 8 nitrogen and oxygen atoms in total. The van der Waals surface area contributed by atoms with Crippen LogP contribution in [0.3, 0.4) is 0 Å². The van der Waals surface area contributed by atoms with Crippen molar-refractivity contribution in [3.63, 3.8) is 0 Å². The Morgan fingerprint density at radius 3 is 2.58 bits per heavy atom. The third kappa shape index (κ3) is 6.92. The maximum Gasteiger partial charge on any atom is 0.352 e. The van der Waals surface area contributed by atoms with Crippen molar-refractivity contribution in [1.29, 1.82) is 0 Å². The fourth-order valence-electron chi connectivity index (χ4n) is 3.52. The number of carboxylic acids is 1.